The molecule has 4 heterocycles. The number of aromatic nitrogens is 2. The topological polar surface area (TPSA) is 98.4 Å². The highest BCUT2D eigenvalue weighted by Crippen LogP contribution is 2.34. The highest BCUT2D eigenvalue weighted by atomic mass is 16.2. The van der Waals surface area contributed by atoms with E-state index in [9.17, 15) is 14.4 Å². The lowest BCUT2D eigenvalue weighted by Crippen LogP contribution is -2.59. The number of nitrogens with one attached hydrogen (secondary N) is 2. The molecule has 2 N–H and O–H groups in total. The smallest absolute Gasteiger partial charge is 0.272 e. The third-order valence-corrected chi connectivity index (χ3v) is 7.81. The van der Waals surface area contributed by atoms with Crippen LogP contribution in [-0.4, -0.2) is 68.7 Å². The largest absolute Gasteiger partial charge is 0.351 e. The highest BCUT2D eigenvalue weighted by molar-refractivity contribution is 6.00. The monoisotopic (exact) mass is 515 g/mol. The fraction of sp³-hybridized carbons (Fsp3) is 0.467. The van der Waals surface area contributed by atoms with E-state index in [4.69, 9.17) is 0 Å². The molecule has 0 radical (unpaired) electrons. The van der Waals surface area contributed by atoms with Gasteiger partial charge in [-0.25, -0.2) is 0 Å². The van der Waals surface area contributed by atoms with Crippen LogP contribution in [0, 0.1) is 5.41 Å². The fourth-order valence-corrected chi connectivity index (χ4v) is 5.63. The van der Waals surface area contributed by atoms with Crippen LogP contribution in [0.2, 0.25) is 0 Å². The lowest BCUT2D eigenvalue weighted by Gasteiger charge is -2.39. The fourth-order valence-electron chi connectivity index (χ4n) is 5.63. The first-order chi connectivity index (χ1) is 18.2. The van der Waals surface area contributed by atoms with Gasteiger partial charge in [-0.2, -0.15) is 0 Å². The number of benzene rings is 1. The van der Waals surface area contributed by atoms with E-state index in [0.717, 1.165) is 42.1 Å². The number of aryl methyl sites for hydroxylation is 1. The average Bonchev–Trinajstić information content (AvgIpc) is 3.63. The van der Waals surface area contributed by atoms with Gasteiger partial charge in [-0.05, 0) is 48.4 Å². The summed E-state index contributed by atoms with van der Waals surface area (Å²) in [6, 6.07) is 12.5. The number of aromatic amines is 1. The van der Waals surface area contributed by atoms with Crippen LogP contribution in [0.1, 0.15) is 73.5 Å². The summed E-state index contributed by atoms with van der Waals surface area (Å²) in [5.41, 5.74) is 2.42. The highest BCUT2D eigenvalue weighted by Gasteiger charge is 2.50. The molecule has 2 fully saturated rings. The van der Waals surface area contributed by atoms with Crippen molar-refractivity contribution in [3.63, 3.8) is 0 Å². The van der Waals surface area contributed by atoms with Crippen LogP contribution >= 0.6 is 0 Å². The van der Waals surface area contributed by atoms with E-state index in [2.05, 4.69) is 22.2 Å². The molecule has 0 saturated carbocycles. The summed E-state index contributed by atoms with van der Waals surface area (Å²) in [4.78, 5) is 51.4. The molecule has 2 saturated heterocycles. The summed E-state index contributed by atoms with van der Waals surface area (Å²) in [7, 11) is 0. The van der Waals surface area contributed by atoms with Crippen LogP contribution < -0.4 is 5.32 Å². The molecule has 3 aromatic rings. The second-order valence-electron chi connectivity index (χ2n) is 11.7. The summed E-state index contributed by atoms with van der Waals surface area (Å²) < 4.78 is 0. The lowest BCUT2D eigenvalue weighted by atomic mass is 9.85. The van der Waals surface area contributed by atoms with Gasteiger partial charge in [-0.1, -0.05) is 58.4 Å². The van der Waals surface area contributed by atoms with E-state index in [1.807, 2.05) is 67.0 Å². The SMILES string of the molecule is CCCCc1ccc(C(=O)N2C[C@@H]3C[C@H]2CN3C(=O)[C@@H](NC(=O)c2cc3ccccc3[nH]2)C(C)(C)C)nc1. The minimum Gasteiger partial charge on any atom is -0.351 e. The van der Waals surface area contributed by atoms with Gasteiger partial charge in [0.2, 0.25) is 5.91 Å². The van der Waals surface area contributed by atoms with Crippen LogP contribution in [0.3, 0.4) is 0 Å². The van der Waals surface area contributed by atoms with Gasteiger partial charge in [0.1, 0.15) is 17.4 Å². The number of H-pyrrole nitrogens is 1. The first-order valence-electron chi connectivity index (χ1n) is 13.6. The van der Waals surface area contributed by atoms with Gasteiger partial charge in [0.25, 0.3) is 11.8 Å². The van der Waals surface area contributed by atoms with Crippen molar-refractivity contribution >= 4 is 28.6 Å². The molecular weight excluding hydrogens is 478 g/mol. The Morgan fingerprint density at radius 1 is 1.08 bits per heavy atom. The molecule has 3 atom stereocenters. The van der Waals surface area contributed by atoms with Crippen molar-refractivity contribution in [3.05, 3.63) is 65.6 Å². The first-order valence-corrected chi connectivity index (χ1v) is 13.6. The zero-order chi connectivity index (χ0) is 27.0. The van der Waals surface area contributed by atoms with Crippen LogP contribution in [0.25, 0.3) is 10.9 Å². The van der Waals surface area contributed by atoms with Gasteiger partial charge in [0.15, 0.2) is 0 Å². The molecule has 0 unspecified atom stereocenters. The van der Waals surface area contributed by atoms with Crippen LogP contribution in [0.4, 0.5) is 0 Å². The number of nitrogens with zero attached hydrogens (tertiary/aromatic N) is 3. The number of pyridine rings is 1. The molecule has 38 heavy (non-hydrogen) atoms. The van der Waals surface area contributed by atoms with Crippen molar-refractivity contribution in [3.8, 4) is 0 Å². The minimum atomic E-state index is -0.692. The molecule has 0 aliphatic carbocycles. The lowest BCUT2D eigenvalue weighted by molar-refractivity contribution is -0.138. The van der Waals surface area contributed by atoms with Gasteiger partial charge in [0.05, 0.1) is 12.1 Å². The Balaban J connectivity index is 1.25. The zero-order valence-electron chi connectivity index (χ0n) is 22.7. The summed E-state index contributed by atoms with van der Waals surface area (Å²) >= 11 is 0. The van der Waals surface area contributed by atoms with Gasteiger partial charge in [-0.15, -0.1) is 0 Å². The molecule has 2 aromatic heterocycles. The van der Waals surface area contributed by atoms with Crippen LogP contribution in [0.5, 0.6) is 0 Å². The molecule has 2 bridgehead atoms. The van der Waals surface area contributed by atoms with Gasteiger partial charge in [-0.3, -0.25) is 19.4 Å². The third-order valence-electron chi connectivity index (χ3n) is 7.81. The quantitative estimate of drug-likeness (QED) is 0.493. The van der Waals surface area contributed by atoms with Crippen LogP contribution in [-0.2, 0) is 11.2 Å². The number of rotatable bonds is 7. The zero-order valence-corrected chi connectivity index (χ0v) is 22.7. The number of para-hydroxylation sites is 1. The third kappa shape index (κ3) is 5.04. The maximum absolute atomic E-state index is 13.8. The van der Waals surface area contributed by atoms with E-state index in [1.165, 1.54) is 0 Å². The van der Waals surface area contributed by atoms with Gasteiger partial charge in [0, 0.05) is 30.2 Å². The number of fused-ring (bicyclic) bond motifs is 3. The van der Waals surface area contributed by atoms with Crippen molar-refractivity contribution in [2.75, 3.05) is 13.1 Å². The number of amides is 3. The van der Waals surface area contributed by atoms with E-state index < -0.39 is 11.5 Å². The molecule has 8 nitrogen and oxygen atoms in total. The minimum absolute atomic E-state index is 0.0388. The first kappa shape index (κ1) is 25.9. The van der Waals surface area contributed by atoms with Crippen LogP contribution in [0.15, 0.2) is 48.7 Å². The molecule has 2 aliphatic heterocycles. The molecule has 1 aromatic carbocycles. The number of hydrogen-bond donors (Lipinski definition) is 2. The van der Waals surface area contributed by atoms with Crippen molar-refractivity contribution in [1.82, 2.24) is 25.1 Å². The number of piperazine rings is 1. The molecular formula is C30H37N5O3. The van der Waals surface area contributed by atoms with E-state index in [0.29, 0.717) is 24.5 Å². The van der Waals surface area contributed by atoms with Gasteiger partial charge < -0.3 is 20.1 Å². The van der Waals surface area contributed by atoms with E-state index in [-0.39, 0.29) is 29.8 Å². The van der Waals surface area contributed by atoms with Crippen molar-refractivity contribution in [2.45, 2.75) is 71.5 Å². The summed E-state index contributed by atoms with van der Waals surface area (Å²) in [5, 5.41) is 3.95. The normalized spacial score (nSPS) is 19.7. The molecule has 8 heteroatoms. The number of unbranched alkanes of at least 4 members (excludes halogenated alkanes) is 1. The Morgan fingerprint density at radius 3 is 2.45 bits per heavy atom. The predicted molar refractivity (Wildman–Crippen MR) is 147 cm³/mol. The summed E-state index contributed by atoms with van der Waals surface area (Å²) in [6.07, 6.45) is 5.74. The summed E-state index contributed by atoms with van der Waals surface area (Å²) in [5.74, 6) is -0.477. The number of carbonyl (C=O) groups excluding carboxylic acids is 3. The number of carbonyl (C=O) groups is 3. The summed E-state index contributed by atoms with van der Waals surface area (Å²) in [6.45, 7) is 8.99. The molecule has 5 rings (SSSR count). The predicted octanol–water partition coefficient (Wildman–Crippen LogP) is 4.18. The number of likely N-dealkylation sites (tertiary alicyclic amines) is 2. The Kier molecular flexibility index (Phi) is 6.99. The standard InChI is InChI=1S/C30H37N5O3/c1-5-6-9-19-12-13-24(31-16-19)28(37)34-17-22-15-21(34)18-35(22)29(38)26(30(2,3)4)33-27(36)25-14-20-10-7-8-11-23(20)32-25/h7-8,10-14,16,21-22,26,32H,5-6,9,15,17-18H2,1-4H3,(H,33,36)/t21-,22-,26+/m0/s1. The maximum atomic E-state index is 13.8. The Bertz CT molecular complexity index is 1310. The average molecular weight is 516 g/mol. The van der Waals surface area contributed by atoms with Crippen molar-refractivity contribution < 1.29 is 14.4 Å². The van der Waals surface area contributed by atoms with Crippen molar-refractivity contribution in [2.24, 2.45) is 5.41 Å². The second-order valence-corrected chi connectivity index (χ2v) is 11.7. The maximum Gasteiger partial charge on any atom is 0.272 e. The molecule has 3 amide bonds. The van der Waals surface area contributed by atoms with E-state index >= 15 is 0 Å². The van der Waals surface area contributed by atoms with Gasteiger partial charge >= 0.3 is 0 Å². The number of hydrogen-bond acceptors (Lipinski definition) is 4. The molecule has 2 aliphatic rings. The molecule has 0 spiro atoms. The Morgan fingerprint density at radius 2 is 1.82 bits per heavy atom. The molecule has 200 valence electrons. The Labute approximate surface area is 223 Å². The Hall–Kier alpha value is -3.68. The van der Waals surface area contributed by atoms with Crippen molar-refractivity contribution in [1.29, 1.82) is 0 Å². The van der Waals surface area contributed by atoms with E-state index in [1.54, 1.807) is 12.3 Å². The second kappa shape index (κ2) is 10.2.